The number of hydrogen-bond donors (Lipinski definition) is 1. The maximum absolute atomic E-state index is 12.5. The Bertz CT molecular complexity index is 653. The summed E-state index contributed by atoms with van der Waals surface area (Å²) in [4.78, 5) is 12.5. The minimum Gasteiger partial charge on any atom is -0.385 e. The third-order valence-corrected chi connectivity index (χ3v) is 4.25. The SMILES string of the molecule is CCC1(Cn2c(N)cc3ccccc3c2=O)CC1. The Kier molecular flexibility index (Phi) is 2.44. The fourth-order valence-corrected chi connectivity index (χ4v) is 2.62. The van der Waals surface area contributed by atoms with E-state index in [1.807, 2.05) is 30.3 Å². The van der Waals surface area contributed by atoms with Crippen molar-refractivity contribution in [1.29, 1.82) is 0 Å². The van der Waals surface area contributed by atoms with Crippen molar-refractivity contribution in [3.05, 3.63) is 40.7 Å². The van der Waals surface area contributed by atoms with Crippen LogP contribution in [0.25, 0.3) is 10.8 Å². The lowest BCUT2D eigenvalue weighted by Gasteiger charge is -2.17. The summed E-state index contributed by atoms with van der Waals surface area (Å²) in [7, 11) is 0. The van der Waals surface area contributed by atoms with E-state index in [0.717, 1.165) is 23.7 Å². The minimum absolute atomic E-state index is 0.0466. The van der Waals surface area contributed by atoms with Crippen molar-refractivity contribution in [3.8, 4) is 0 Å². The Morgan fingerprint density at radius 1 is 1.33 bits per heavy atom. The molecule has 1 aromatic heterocycles. The monoisotopic (exact) mass is 242 g/mol. The van der Waals surface area contributed by atoms with Crippen LogP contribution in [0, 0.1) is 5.41 Å². The van der Waals surface area contributed by atoms with Gasteiger partial charge in [-0.3, -0.25) is 9.36 Å². The molecule has 0 amide bonds. The number of nitrogens with two attached hydrogens (primary N) is 1. The van der Waals surface area contributed by atoms with Gasteiger partial charge >= 0.3 is 0 Å². The number of nitrogens with zero attached hydrogens (tertiary/aromatic N) is 1. The molecule has 1 aliphatic carbocycles. The highest BCUT2D eigenvalue weighted by Crippen LogP contribution is 2.50. The second kappa shape index (κ2) is 3.87. The molecule has 0 bridgehead atoms. The van der Waals surface area contributed by atoms with E-state index in [1.54, 1.807) is 4.57 Å². The first kappa shape index (κ1) is 11.3. The summed E-state index contributed by atoms with van der Waals surface area (Å²) in [5.74, 6) is 0.582. The van der Waals surface area contributed by atoms with Gasteiger partial charge in [-0.2, -0.15) is 0 Å². The van der Waals surface area contributed by atoms with Crippen LogP contribution in [0.3, 0.4) is 0 Å². The first-order valence-electron chi connectivity index (χ1n) is 6.53. The van der Waals surface area contributed by atoms with Crippen LogP contribution in [-0.2, 0) is 6.54 Å². The fraction of sp³-hybridized carbons (Fsp3) is 0.400. The van der Waals surface area contributed by atoms with Gasteiger partial charge in [0.25, 0.3) is 5.56 Å². The molecule has 3 heteroatoms. The lowest BCUT2D eigenvalue weighted by atomic mass is 10.0. The Balaban J connectivity index is 2.14. The molecule has 1 aromatic carbocycles. The smallest absolute Gasteiger partial charge is 0.259 e. The van der Waals surface area contributed by atoms with E-state index in [-0.39, 0.29) is 5.56 Å². The lowest BCUT2D eigenvalue weighted by molar-refractivity contribution is 0.407. The first-order valence-corrected chi connectivity index (χ1v) is 6.53. The molecule has 0 aliphatic heterocycles. The van der Waals surface area contributed by atoms with Gasteiger partial charge in [-0.05, 0) is 42.2 Å². The van der Waals surface area contributed by atoms with Crippen molar-refractivity contribution in [2.75, 3.05) is 5.73 Å². The Hall–Kier alpha value is -1.77. The molecule has 2 N–H and O–H groups in total. The summed E-state index contributed by atoms with van der Waals surface area (Å²) in [6, 6.07) is 9.54. The predicted molar refractivity (Wildman–Crippen MR) is 74.6 cm³/mol. The molecule has 0 unspecified atom stereocenters. The molecule has 18 heavy (non-hydrogen) atoms. The molecule has 0 radical (unpaired) electrons. The van der Waals surface area contributed by atoms with Gasteiger partial charge < -0.3 is 5.73 Å². The van der Waals surface area contributed by atoms with Crippen LogP contribution in [0.4, 0.5) is 5.82 Å². The van der Waals surface area contributed by atoms with Crippen LogP contribution in [0.15, 0.2) is 35.1 Å². The first-order chi connectivity index (χ1) is 8.65. The van der Waals surface area contributed by atoms with Crippen LogP contribution < -0.4 is 11.3 Å². The van der Waals surface area contributed by atoms with Gasteiger partial charge in [-0.25, -0.2) is 0 Å². The Labute approximate surface area is 106 Å². The predicted octanol–water partition coefficient (Wildman–Crippen LogP) is 2.77. The number of benzene rings is 1. The van der Waals surface area contributed by atoms with Crippen LogP contribution in [0.2, 0.25) is 0 Å². The molecule has 0 spiro atoms. The number of pyridine rings is 1. The highest BCUT2D eigenvalue weighted by molar-refractivity contribution is 5.83. The summed E-state index contributed by atoms with van der Waals surface area (Å²) in [5, 5.41) is 1.69. The molecule has 3 rings (SSSR count). The van der Waals surface area contributed by atoms with Crippen molar-refractivity contribution < 1.29 is 0 Å². The Morgan fingerprint density at radius 3 is 2.72 bits per heavy atom. The third kappa shape index (κ3) is 1.70. The van der Waals surface area contributed by atoms with E-state index >= 15 is 0 Å². The summed E-state index contributed by atoms with van der Waals surface area (Å²) in [6.07, 6.45) is 3.54. The number of nitrogen functional groups attached to an aromatic ring is 1. The van der Waals surface area contributed by atoms with Crippen LogP contribution in [0.1, 0.15) is 26.2 Å². The zero-order valence-electron chi connectivity index (χ0n) is 10.6. The number of aromatic nitrogens is 1. The molecule has 3 nitrogen and oxygen atoms in total. The molecular formula is C15H18N2O. The second-order valence-corrected chi connectivity index (χ2v) is 5.40. The Morgan fingerprint density at radius 2 is 2.06 bits per heavy atom. The van der Waals surface area contributed by atoms with Crippen LogP contribution >= 0.6 is 0 Å². The van der Waals surface area contributed by atoms with Crippen molar-refractivity contribution >= 4 is 16.6 Å². The summed E-state index contributed by atoms with van der Waals surface area (Å²) in [5.41, 5.74) is 6.41. The molecule has 94 valence electrons. The summed E-state index contributed by atoms with van der Waals surface area (Å²) >= 11 is 0. The van der Waals surface area contributed by atoms with Crippen molar-refractivity contribution in [1.82, 2.24) is 4.57 Å². The molecule has 0 atom stereocenters. The third-order valence-electron chi connectivity index (χ3n) is 4.25. The summed E-state index contributed by atoms with van der Waals surface area (Å²) < 4.78 is 1.75. The molecule has 1 saturated carbocycles. The number of anilines is 1. The van der Waals surface area contributed by atoms with Crippen molar-refractivity contribution in [2.24, 2.45) is 5.41 Å². The van der Waals surface area contributed by atoms with E-state index in [9.17, 15) is 4.79 Å². The molecule has 2 aromatic rings. The van der Waals surface area contributed by atoms with Crippen LogP contribution in [0.5, 0.6) is 0 Å². The maximum atomic E-state index is 12.5. The van der Waals surface area contributed by atoms with E-state index < -0.39 is 0 Å². The zero-order chi connectivity index (χ0) is 12.8. The fourth-order valence-electron chi connectivity index (χ4n) is 2.62. The van der Waals surface area contributed by atoms with E-state index in [4.69, 9.17) is 5.73 Å². The quantitative estimate of drug-likeness (QED) is 0.899. The van der Waals surface area contributed by atoms with Crippen LogP contribution in [-0.4, -0.2) is 4.57 Å². The van der Waals surface area contributed by atoms with E-state index in [1.165, 1.54) is 12.8 Å². The molecular weight excluding hydrogens is 224 g/mol. The van der Waals surface area contributed by atoms with E-state index in [2.05, 4.69) is 6.92 Å². The van der Waals surface area contributed by atoms with Gasteiger partial charge in [-0.15, -0.1) is 0 Å². The normalized spacial score (nSPS) is 16.9. The highest BCUT2D eigenvalue weighted by Gasteiger charge is 2.41. The molecule has 1 fully saturated rings. The lowest BCUT2D eigenvalue weighted by Crippen LogP contribution is -2.27. The molecule has 1 aliphatic rings. The second-order valence-electron chi connectivity index (χ2n) is 5.40. The van der Waals surface area contributed by atoms with Crippen molar-refractivity contribution in [3.63, 3.8) is 0 Å². The minimum atomic E-state index is 0.0466. The van der Waals surface area contributed by atoms with Gasteiger partial charge in [0.15, 0.2) is 0 Å². The zero-order valence-corrected chi connectivity index (χ0v) is 10.6. The average molecular weight is 242 g/mol. The largest absolute Gasteiger partial charge is 0.385 e. The molecule has 0 saturated heterocycles. The van der Waals surface area contributed by atoms with Gasteiger partial charge in [0.05, 0.1) is 0 Å². The average Bonchev–Trinajstić information content (AvgIpc) is 3.15. The van der Waals surface area contributed by atoms with Crippen molar-refractivity contribution in [2.45, 2.75) is 32.7 Å². The number of rotatable bonds is 3. The number of hydrogen-bond acceptors (Lipinski definition) is 2. The highest BCUT2D eigenvalue weighted by atomic mass is 16.1. The van der Waals surface area contributed by atoms with Gasteiger partial charge in [-0.1, -0.05) is 25.1 Å². The summed E-state index contributed by atoms with van der Waals surface area (Å²) in [6.45, 7) is 2.95. The van der Waals surface area contributed by atoms with Gasteiger partial charge in [0.1, 0.15) is 5.82 Å². The standard InChI is InChI=1S/C15H18N2O/c1-2-15(7-8-15)10-17-13(16)9-11-5-3-4-6-12(11)14(17)18/h3-6,9H,2,7-8,10,16H2,1H3. The topological polar surface area (TPSA) is 48.0 Å². The van der Waals surface area contributed by atoms with Gasteiger partial charge in [0, 0.05) is 11.9 Å². The maximum Gasteiger partial charge on any atom is 0.259 e. The number of fused-ring (bicyclic) bond motifs is 1. The van der Waals surface area contributed by atoms with E-state index in [0.29, 0.717) is 11.2 Å². The molecule has 1 heterocycles. The van der Waals surface area contributed by atoms with Gasteiger partial charge in [0.2, 0.25) is 0 Å².